The van der Waals surface area contributed by atoms with Gasteiger partial charge in [0.25, 0.3) is 0 Å². The van der Waals surface area contributed by atoms with Gasteiger partial charge in [-0.05, 0) is 56.0 Å². The second-order valence-electron chi connectivity index (χ2n) is 7.86. The smallest absolute Gasteiger partial charge is 0.131 e. The van der Waals surface area contributed by atoms with Gasteiger partial charge in [-0.2, -0.15) is 0 Å². The molecular formula is C22H27Cl2N3O. The lowest BCUT2D eigenvalue weighted by Gasteiger charge is -2.46. The summed E-state index contributed by atoms with van der Waals surface area (Å²) in [4.78, 5) is 9.51. The molecule has 0 spiro atoms. The maximum atomic E-state index is 6.07. The topological polar surface area (TPSA) is 28.6 Å². The van der Waals surface area contributed by atoms with Gasteiger partial charge < -0.3 is 9.64 Å². The Morgan fingerprint density at radius 3 is 2.54 bits per heavy atom. The first-order chi connectivity index (χ1) is 13.6. The van der Waals surface area contributed by atoms with Gasteiger partial charge in [0.15, 0.2) is 0 Å². The second-order valence-corrected chi connectivity index (χ2v) is 8.69. The fourth-order valence-corrected chi connectivity index (χ4v) is 4.67. The van der Waals surface area contributed by atoms with Crippen molar-refractivity contribution in [2.24, 2.45) is 0 Å². The van der Waals surface area contributed by atoms with Crippen LogP contribution >= 0.6 is 23.2 Å². The molecule has 4 rings (SSSR count). The fourth-order valence-electron chi connectivity index (χ4n) is 4.39. The standard InChI is InChI=1S/C22H27Cl2N3O/c1-16-14-27(20(15-28-16)13-17-5-7-18(23)8-6-17)19-9-11-26(12-10-19)22-4-2-3-21(24)25-22/h2-8,16,19-20H,9-15H2,1H3/t16-,20-/m0/s1. The van der Waals surface area contributed by atoms with E-state index in [-0.39, 0.29) is 6.10 Å². The van der Waals surface area contributed by atoms with E-state index >= 15 is 0 Å². The summed E-state index contributed by atoms with van der Waals surface area (Å²) in [6.07, 6.45) is 3.56. The summed E-state index contributed by atoms with van der Waals surface area (Å²) in [5, 5.41) is 1.35. The molecule has 0 unspecified atom stereocenters. The number of ether oxygens (including phenoxy) is 1. The average Bonchev–Trinajstić information content (AvgIpc) is 2.71. The molecule has 6 heteroatoms. The molecule has 1 aromatic heterocycles. The summed E-state index contributed by atoms with van der Waals surface area (Å²) >= 11 is 12.1. The number of morpholine rings is 1. The molecule has 1 aromatic carbocycles. The molecule has 3 heterocycles. The minimum atomic E-state index is 0.286. The highest BCUT2D eigenvalue weighted by Crippen LogP contribution is 2.27. The normalized spacial score (nSPS) is 24.5. The van der Waals surface area contributed by atoms with Gasteiger partial charge >= 0.3 is 0 Å². The molecule has 150 valence electrons. The number of piperidine rings is 1. The molecule has 2 saturated heterocycles. The Kier molecular flexibility index (Phi) is 6.42. The van der Waals surface area contributed by atoms with E-state index in [4.69, 9.17) is 27.9 Å². The third kappa shape index (κ3) is 4.80. The van der Waals surface area contributed by atoms with Crippen LogP contribution in [0.3, 0.4) is 0 Å². The van der Waals surface area contributed by atoms with Crippen LogP contribution in [-0.4, -0.2) is 54.3 Å². The molecule has 4 nitrogen and oxygen atoms in total. The average molecular weight is 420 g/mol. The number of benzene rings is 1. The van der Waals surface area contributed by atoms with Crippen molar-refractivity contribution in [1.82, 2.24) is 9.88 Å². The lowest BCUT2D eigenvalue weighted by Crippen LogP contribution is -2.56. The Morgan fingerprint density at radius 1 is 1.07 bits per heavy atom. The summed E-state index contributed by atoms with van der Waals surface area (Å²) in [5.74, 6) is 0.985. The molecule has 0 bridgehead atoms. The lowest BCUT2D eigenvalue weighted by molar-refractivity contribution is -0.0745. The highest BCUT2D eigenvalue weighted by atomic mass is 35.5. The SMILES string of the molecule is C[C@H]1CN(C2CCN(c3cccc(Cl)n3)CC2)[C@@H](Cc2ccc(Cl)cc2)CO1. The van der Waals surface area contributed by atoms with Gasteiger partial charge in [-0.1, -0.05) is 41.4 Å². The number of anilines is 1. The first kappa shape index (κ1) is 20.0. The Bertz CT molecular complexity index is 778. The molecule has 2 aliphatic heterocycles. The monoisotopic (exact) mass is 419 g/mol. The van der Waals surface area contributed by atoms with E-state index in [0.29, 0.717) is 17.2 Å². The first-order valence-corrected chi connectivity index (χ1v) is 10.8. The Morgan fingerprint density at radius 2 is 1.82 bits per heavy atom. The van der Waals surface area contributed by atoms with Crippen molar-refractivity contribution >= 4 is 29.0 Å². The summed E-state index contributed by atoms with van der Waals surface area (Å²) < 4.78 is 6.01. The molecule has 0 N–H and O–H groups in total. The maximum Gasteiger partial charge on any atom is 0.131 e. The van der Waals surface area contributed by atoms with Crippen molar-refractivity contribution in [1.29, 1.82) is 0 Å². The van der Waals surface area contributed by atoms with Gasteiger partial charge in [-0.15, -0.1) is 0 Å². The van der Waals surface area contributed by atoms with Gasteiger partial charge in [0.05, 0.1) is 12.7 Å². The van der Waals surface area contributed by atoms with Crippen LogP contribution in [0, 0.1) is 0 Å². The predicted octanol–water partition coefficient (Wildman–Crippen LogP) is 4.69. The predicted molar refractivity (Wildman–Crippen MR) is 116 cm³/mol. The molecule has 0 aliphatic carbocycles. The van der Waals surface area contributed by atoms with Crippen LogP contribution in [0.1, 0.15) is 25.3 Å². The van der Waals surface area contributed by atoms with E-state index in [1.165, 1.54) is 5.56 Å². The van der Waals surface area contributed by atoms with Crippen LogP contribution in [-0.2, 0) is 11.2 Å². The van der Waals surface area contributed by atoms with Crippen LogP contribution in [0.15, 0.2) is 42.5 Å². The third-order valence-electron chi connectivity index (χ3n) is 5.85. The van der Waals surface area contributed by atoms with Gasteiger partial charge in [0.2, 0.25) is 0 Å². The third-order valence-corrected chi connectivity index (χ3v) is 6.32. The second kappa shape index (κ2) is 9.00. The van der Waals surface area contributed by atoms with Gasteiger partial charge in [0.1, 0.15) is 11.0 Å². The number of hydrogen-bond acceptors (Lipinski definition) is 4. The summed E-state index contributed by atoms with van der Waals surface area (Å²) in [6, 6.07) is 15.1. The zero-order valence-corrected chi connectivity index (χ0v) is 17.7. The molecule has 0 saturated carbocycles. The van der Waals surface area contributed by atoms with Crippen LogP contribution in [0.5, 0.6) is 0 Å². The minimum absolute atomic E-state index is 0.286. The molecule has 2 aliphatic rings. The molecule has 28 heavy (non-hydrogen) atoms. The number of hydrogen-bond donors (Lipinski definition) is 0. The molecule has 2 fully saturated rings. The zero-order valence-electron chi connectivity index (χ0n) is 16.2. The molecule has 0 amide bonds. The van der Waals surface area contributed by atoms with Crippen molar-refractivity contribution in [3.05, 3.63) is 58.2 Å². The minimum Gasteiger partial charge on any atom is -0.376 e. The Balaban J connectivity index is 1.41. The van der Waals surface area contributed by atoms with E-state index < -0.39 is 0 Å². The molecular weight excluding hydrogens is 393 g/mol. The van der Waals surface area contributed by atoms with E-state index in [9.17, 15) is 0 Å². The maximum absolute atomic E-state index is 6.07. The molecule has 2 atom stereocenters. The quantitative estimate of drug-likeness (QED) is 0.671. The van der Waals surface area contributed by atoms with Gasteiger partial charge in [-0.25, -0.2) is 4.98 Å². The van der Waals surface area contributed by atoms with Crippen LogP contribution in [0.2, 0.25) is 10.2 Å². The Hall–Kier alpha value is -1.33. The molecule has 0 radical (unpaired) electrons. The number of rotatable bonds is 4. The van der Waals surface area contributed by atoms with E-state index in [2.05, 4.69) is 33.8 Å². The van der Waals surface area contributed by atoms with E-state index in [1.807, 2.05) is 30.3 Å². The van der Waals surface area contributed by atoms with E-state index in [0.717, 1.165) is 56.3 Å². The van der Waals surface area contributed by atoms with Gasteiger partial charge in [0, 0.05) is 36.7 Å². The first-order valence-electron chi connectivity index (χ1n) is 10.1. The fraction of sp³-hybridized carbons (Fsp3) is 0.500. The molecule has 2 aromatic rings. The zero-order chi connectivity index (χ0) is 19.5. The van der Waals surface area contributed by atoms with Crippen LogP contribution in [0.25, 0.3) is 0 Å². The van der Waals surface area contributed by atoms with Crippen molar-refractivity contribution in [3.63, 3.8) is 0 Å². The van der Waals surface area contributed by atoms with Crippen molar-refractivity contribution in [3.8, 4) is 0 Å². The highest BCUT2D eigenvalue weighted by molar-refractivity contribution is 6.30. The number of pyridine rings is 1. The largest absolute Gasteiger partial charge is 0.376 e. The highest BCUT2D eigenvalue weighted by Gasteiger charge is 2.34. The van der Waals surface area contributed by atoms with Crippen molar-refractivity contribution < 1.29 is 4.74 Å². The van der Waals surface area contributed by atoms with Gasteiger partial charge in [-0.3, -0.25) is 4.90 Å². The summed E-state index contributed by atoms with van der Waals surface area (Å²) in [5.41, 5.74) is 1.32. The van der Waals surface area contributed by atoms with Crippen molar-refractivity contribution in [2.75, 3.05) is 31.1 Å². The number of halogens is 2. The Labute approximate surface area is 177 Å². The van der Waals surface area contributed by atoms with Crippen molar-refractivity contribution in [2.45, 2.75) is 44.4 Å². The number of aromatic nitrogens is 1. The van der Waals surface area contributed by atoms with Crippen LogP contribution in [0.4, 0.5) is 5.82 Å². The van der Waals surface area contributed by atoms with Crippen LogP contribution < -0.4 is 4.90 Å². The summed E-state index contributed by atoms with van der Waals surface area (Å²) in [6.45, 7) is 5.99. The lowest BCUT2D eigenvalue weighted by atomic mass is 9.96. The van der Waals surface area contributed by atoms with E-state index in [1.54, 1.807) is 0 Å². The number of nitrogens with zero attached hydrogens (tertiary/aromatic N) is 3. The summed E-state index contributed by atoms with van der Waals surface area (Å²) in [7, 11) is 0.